The van der Waals surface area contributed by atoms with E-state index in [2.05, 4.69) is 10.3 Å². The molecule has 2 aromatic rings. The molecule has 1 unspecified atom stereocenters. The third kappa shape index (κ3) is 3.84. The Hall–Kier alpha value is -2.47. The number of hydrogen-bond donors (Lipinski definition) is 1. The molecular formula is C17H20N2O4. The molecule has 1 N–H and O–H groups in total. The van der Waals surface area contributed by atoms with Crippen LogP contribution in [0.5, 0.6) is 0 Å². The first-order valence-electron chi connectivity index (χ1n) is 7.51. The molecule has 1 atom stereocenters. The Kier molecular flexibility index (Phi) is 5.65. The SMILES string of the molecule is CCOC(=O)c1nc2ccccc2cc1NC(=O)C(CC)OC. The normalized spacial score (nSPS) is 12.0. The molecular weight excluding hydrogens is 296 g/mol. The van der Waals surface area contributed by atoms with Gasteiger partial charge in [-0.15, -0.1) is 0 Å². The van der Waals surface area contributed by atoms with E-state index in [1.165, 1.54) is 7.11 Å². The summed E-state index contributed by atoms with van der Waals surface area (Å²) in [6.07, 6.45) is -0.0607. The minimum absolute atomic E-state index is 0.0878. The van der Waals surface area contributed by atoms with E-state index in [4.69, 9.17) is 9.47 Å². The van der Waals surface area contributed by atoms with Crippen molar-refractivity contribution in [2.75, 3.05) is 19.0 Å². The van der Waals surface area contributed by atoms with Gasteiger partial charge in [0.05, 0.1) is 17.8 Å². The summed E-state index contributed by atoms with van der Waals surface area (Å²) in [4.78, 5) is 28.7. The van der Waals surface area contributed by atoms with Crippen LogP contribution in [0, 0.1) is 0 Å². The molecule has 0 spiro atoms. The fourth-order valence-electron chi connectivity index (χ4n) is 2.24. The van der Waals surface area contributed by atoms with Gasteiger partial charge in [-0.1, -0.05) is 25.1 Å². The van der Waals surface area contributed by atoms with Gasteiger partial charge in [-0.2, -0.15) is 0 Å². The Labute approximate surface area is 134 Å². The molecule has 1 aromatic heterocycles. The lowest BCUT2D eigenvalue weighted by molar-refractivity contribution is -0.125. The molecule has 0 aliphatic rings. The van der Waals surface area contributed by atoms with Crippen molar-refractivity contribution in [3.05, 3.63) is 36.0 Å². The average molecular weight is 316 g/mol. The molecule has 1 aromatic carbocycles. The van der Waals surface area contributed by atoms with E-state index in [0.717, 1.165) is 5.39 Å². The molecule has 0 aliphatic carbocycles. The van der Waals surface area contributed by atoms with Crippen molar-refractivity contribution in [3.8, 4) is 0 Å². The van der Waals surface area contributed by atoms with Crippen molar-refractivity contribution < 1.29 is 19.1 Å². The van der Waals surface area contributed by atoms with Crippen molar-refractivity contribution in [1.29, 1.82) is 0 Å². The second-order valence-electron chi connectivity index (χ2n) is 4.92. The smallest absolute Gasteiger partial charge is 0.359 e. The third-order valence-electron chi connectivity index (χ3n) is 3.40. The third-order valence-corrected chi connectivity index (χ3v) is 3.40. The summed E-state index contributed by atoms with van der Waals surface area (Å²) in [5.41, 5.74) is 1.07. The molecule has 6 nitrogen and oxygen atoms in total. The lowest BCUT2D eigenvalue weighted by Crippen LogP contribution is -2.29. The minimum atomic E-state index is -0.587. The predicted molar refractivity (Wildman–Crippen MR) is 87.4 cm³/mol. The van der Waals surface area contributed by atoms with Gasteiger partial charge >= 0.3 is 5.97 Å². The lowest BCUT2D eigenvalue weighted by Gasteiger charge is -2.15. The Bertz CT molecular complexity index is 711. The lowest BCUT2D eigenvalue weighted by atomic mass is 10.1. The van der Waals surface area contributed by atoms with Crippen LogP contribution in [-0.4, -0.2) is 36.7 Å². The first kappa shape index (κ1) is 16.9. The molecule has 0 saturated heterocycles. The molecule has 6 heteroatoms. The zero-order valence-electron chi connectivity index (χ0n) is 13.5. The topological polar surface area (TPSA) is 77.5 Å². The van der Waals surface area contributed by atoms with Crippen LogP contribution < -0.4 is 5.32 Å². The molecule has 0 radical (unpaired) electrons. The summed E-state index contributed by atoms with van der Waals surface area (Å²) in [5, 5.41) is 3.54. The van der Waals surface area contributed by atoms with Crippen LogP contribution in [0.3, 0.4) is 0 Å². The summed E-state index contributed by atoms with van der Waals surface area (Å²) in [6.45, 7) is 3.80. The van der Waals surface area contributed by atoms with Crippen molar-refractivity contribution in [1.82, 2.24) is 4.98 Å². The number of nitrogens with zero attached hydrogens (tertiary/aromatic N) is 1. The van der Waals surface area contributed by atoms with E-state index in [-0.39, 0.29) is 18.2 Å². The molecule has 1 amide bonds. The number of ether oxygens (including phenoxy) is 2. The number of fused-ring (bicyclic) bond motifs is 1. The van der Waals surface area contributed by atoms with Gasteiger partial charge in [0.25, 0.3) is 5.91 Å². The van der Waals surface area contributed by atoms with Crippen LogP contribution in [0.15, 0.2) is 30.3 Å². The average Bonchev–Trinajstić information content (AvgIpc) is 2.55. The summed E-state index contributed by atoms with van der Waals surface area (Å²) in [5.74, 6) is -0.892. The summed E-state index contributed by atoms with van der Waals surface area (Å²) in [7, 11) is 1.47. The van der Waals surface area contributed by atoms with Gasteiger partial charge in [0.2, 0.25) is 0 Å². The molecule has 2 rings (SSSR count). The van der Waals surface area contributed by atoms with E-state index < -0.39 is 12.1 Å². The number of pyridine rings is 1. The fourth-order valence-corrected chi connectivity index (χ4v) is 2.24. The predicted octanol–water partition coefficient (Wildman–Crippen LogP) is 2.78. The zero-order valence-corrected chi connectivity index (χ0v) is 13.5. The number of benzene rings is 1. The number of aromatic nitrogens is 1. The van der Waals surface area contributed by atoms with Crippen LogP contribution in [0.4, 0.5) is 5.69 Å². The van der Waals surface area contributed by atoms with E-state index in [1.54, 1.807) is 19.1 Å². The molecule has 23 heavy (non-hydrogen) atoms. The number of nitrogens with one attached hydrogen (secondary N) is 1. The van der Waals surface area contributed by atoms with Gasteiger partial charge in [0.15, 0.2) is 5.69 Å². The van der Waals surface area contributed by atoms with Crippen molar-refractivity contribution in [3.63, 3.8) is 0 Å². The number of hydrogen-bond acceptors (Lipinski definition) is 5. The summed E-state index contributed by atoms with van der Waals surface area (Å²) >= 11 is 0. The molecule has 0 fully saturated rings. The van der Waals surface area contributed by atoms with Crippen LogP contribution >= 0.6 is 0 Å². The van der Waals surface area contributed by atoms with Gasteiger partial charge in [0, 0.05) is 12.5 Å². The van der Waals surface area contributed by atoms with Crippen LogP contribution in [-0.2, 0) is 14.3 Å². The quantitative estimate of drug-likeness (QED) is 0.829. The molecule has 1 heterocycles. The van der Waals surface area contributed by atoms with E-state index in [1.807, 2.05) is 25.1 Å². The molecule has 122 valence electrons. The Morgan fingerprint density at radius 2 is 2.00 bits per heavy atom. The minimum Gasteiger partial charge on any atom is -0.461 e. The number of para-hydroxylation sites is 1. The standard InChI is InChI=1S/C17H20N2O4/c1-4-14(22-3)16(20)19-13-10-11-8-6-7-9-12(11)18-15(13)17(21)23-5-2/h6-10,14H,4-5H2,1-3H3,(H,19,20). The van der Waals surface area contributed by atoms with Crippen molar-refractivity contribution in [2.45, 2.75) is 26.4 Å². The second-order valence-corrected chi connectivity index (χ2v) is 4.92. The highest BCUT2D eigenvalue weighted by Gasteiger charge is 2.21. The van der Waals surface area contributed by atoms with Crippen LogP contribution in [0.1, 0.15) is 30.8 Å². The molecule has 0 saturated carbocycles. The molecule has 0 aliphatic heterocycles. The van der Waals surface area contributed by atoms with E-state index in [0.29, 0.717) is 17.6 Å². The van der Waals surface area contributed by atoms with Gasteiger partial charge in [-0.05, 0) is 25.5 Å². The fraction of sp³-hybridized carbons (Fsp3) is 0.353. The first-order chi connectivity index (χ1) is 11.1. The number of anilines is 1. The van der Waals surface area contributed by atoms with Crippen LogP contribution in [0.2, 0.25) is 0 Å². The first-order valence-corrected chi connectivity index (χ1v) is 7.51. The number of rotatable bonds is 6. The second kappa shape index (κ2) is 7.69. The van der Waals surface area contributed by atoms with E-state index >= 15 is 0 Å². The van der Waals surface area contributed by atoms with Crippen molar-refractivity contribution >= 4 is 28.5 Å². The number of carbonyl (C=O) groups is 2. The summed E-state index contributed by atoms with van der Waals surface area (Å²) in [6, 6.07) is 9.08. The molecule has 0 bridgehead atoms. The van der Waals surface area contributed by atoms with Gasteiger partial charge in [-0.25, -0.2) is 9.78 Å². The summed E-state index contributed by atoms with van der Waals surface area (Å²) < 4.78 is 10.1. The monoisotopic (exact) mass is 316 g/mol. The highest BCUT2D eigenvalue weighted by Crippen LogP contribution is 2.22. The van der Waals surface area contributed by atoms with E-state index in [9.17, 15) is 9.59 Å². The number of carbonyl (C=O) groups excluding carboxylic acids is 2. The number of methoxy groups -OCH3 is 1. The maximum absolute atomic E-state index is 12.2. The number of amides is 1. The van der Waals surface area contributed by atoms with Crippen LogP contribution in [0.25, 0.3) is 10.9 Å². The Morgan fingerprint density at radius 3 is 2.65 bits per heavy atom. The van der Waals surface area contributed by atoms with Crippen molar-refractivity contribution in [2.24, 2.45) is 0 Å². The highest BCUT2D eigenvalue weighted by atomic mass is 16.5. The zero-order chi connectivity index (χ0) is 16.8. The number of esters is 1. The highest BCUT2D eigenvalue weighted by molar-refractivity contribution is 6.04. The van der Waals surface area contributed by atoms with Gasteiger partial charge in [-0.3, -0.25) is 4.79 Å². The largest absolute Gasteiger partial charge is 0.461 e. The van der Waals surface area contributed by atoms with Gasteiger partial charge in [0.1, 0.15) is 6.10 Å². The Morgan fingerprint density at radius 1 is 1.26 bits per heavy atom. The van der Waals surface area contributed by atoms with Gasteiger partial charge < -0.3 is 14.8 Å². The Balaban J connectivity index is 2.44. The maximum Gasteiger partial charge on any atom is 0.359 e. The maximum atomic E-state index is 12.2.